The Labute approximate surface area is 431 Å². The predicted molar refractivity (Wildman–Crippen MR) is 260 cm³/mol. The monoisotopic (exact) mass is 1170 g/mol. The average molecular weight is 1170 g/mol. The molecule has 6 rings (SSSR count). The number of ether oxygens (including phenoxy) is 2. The third-order valence-electron chi connectivity index (χ3n) is 10.9. The fourth-order valence-electron chi connectivity index (χ4n) is 7.52. The van der Waals surface area contributed by atoms with Crippen LogP contribution in [0.4, 0.5) is 58.4 Å². The molecule has 0 aliphatic heterocycles. The van der Waals surface area contributed by atoms with E-state index in [1.807, 2.05) is 96.1 Å². The van der Waals surface area contributed by atoms with Crippen molar-refractivity contribution in [2.75, 3.05) is 26.2 Å². The minimum Gasteiger partial charge on any atom is -0.496 e. The first-order valence-electron chi connectivity index (χ1n) is 21.7. The average Bonchev–Trinajstić information content (AvgIpc) is 3.27. The molecule has 6 aromatic carbocycles. The number of anilines is 1. The zero-order valence-electron chi connectivity index (χ0n) is 40.6. The molecule has 0 aromatic heterocycles. The number of hydrogen-bond acceptors (Lipinski definition) is 5. The van der Waals surface area contributed by atoms with Gasteiger partial charge in [-0.15, -0.1) is 0 Å². The van der Waals surface area contributed by atoms with E-state index in [1.54, 1.807) is 0 Å². The molecule has 0 unspecified atom stereocenters. The Morgan fingerprint density at radius 1 is 0.521 bits per heavy atom. The standard InChI is InChI=1S/C39H37F12O2P.C12H11N.CH4O3S.Pd/c1-19(2)22-11-29(20(3)4)33(30(12-22)21(5)6)34-31(52-7)9-10-32(53-8)35(34)54(27-15-23(36(40,41)42)13-24(16-27)37(43,44)45)28-17-25(38(46,47)48)14-26(18-28)39(49,50)51;13-12-9-5-4-8-11(12)10-6-2-1-3-7-10;1-5(2,3)4;/h9-21H,1-8H3;1-9H,13H2;1H3,(H,2,3,4);. The van der Waals surface area contributed by atoms with Crippen LogP contribution in [0.2, 0.25) is 0 Å². The molecule has 400 valence electrons. The molecule has 0 radical (unpaired) electrons. The number of rotatable bonds is 10. The number of halogens is 12. The molecule has 0 heterocycles. The number of nitrogen functional groups attached to an aromatic ring is 1. The molecule has 21 heteroatoms. The van der Waals surface area contributed by atoms with Gasteiger partial charge in [-0.1, -0.05) is 102 Å². The summed E-state index contributed by atoms with van der Waals surface area (Å²) in [5.41, 5.74) is 4.35. The van der Waals surface area contributed by atoms with Crippen molar-refractivity contribution in [1.29, 1.82) is 0 Å². The van der Waals surface area contributed by atoms with E-state index in [1.165, 1.54) is 24.8 Å². The van der Waals surface area contributed by atoms with Crippen molar-refractivity contribution in [3.63, 3.8) is 0 Å². The van der Waals surface area contributed by atoms with Crippen molar-refractivity contribution in [1.82, 2.24) is 0 Å². The number of hydrogen-bond donors (Lipinski definition) is 2. The van der Waals surface area contributed by atoms with Crippen LogP contribution in [-0.4, -0.2) is 33.4 Å². The third kappa shape index (κ3) is 16.4. The molecule has 0 amide bonds. The van der Waals surface area contributed by atoms with Crippen molar-refractivity contribution >= 4 is 39.6 Å². The molecule has 0 saturated heterocycles. The van der Waals surface area contributed by atoms with Crippen LogP contribution in [0, 0.1) is 0 Å². The topological polar surface area (TPSA) is 98.8 Å². The van der Waals surface area contributed by atoms with Crippen molar-refractivity contribution in [2.45, 2.75) is 84.0 Å². The van der Waals surface area contributed by atoms with Crippen LogP contribution in [0.15, 0.2) is 115 Å². The van der Waals surface area contributed by atoms with Gasteiger partial charge in [-0.3, -0.25) is 4.55 Å². The molecule has 6 nitrogen and oxygen atoms in total. The van der Waals surface area contributed by atoms with Gasteiger partial charge in [0.25, 0.3) is 10.1 Å². The number of benzene rings is 6. The third-order valence-corrected chi connectivity index (χ3v) is 13.3. The molecule has 6 aromatic rings. The SMILES string of the molecule is COc1ccc(OC)c(P(c2cc(C(F)(F)F)cc(C(F)(F)F)c2)c2cc(C(F)(F)F)cc(C(F)(F)F)c2)c1-c1c(C(C)C)cc(C(C)C)cc1C(C)C.CS(=O)(=O)O.Nc1ccccc1-c1ccccc1.[Pd]. The van der Waals surface area contributed by atoms with E-state index in [9.17, 15) is 61.1 Å². The molecule has 3 N–H and O–H groups in total. The number of nitrogens with two attached hydrogens (primary N) is 1. The largest absolute Gasteiger partial charge is 0.496 e. The fourth-order valence-corrected chi connectivity index (χ4v) is 10.2. The minimum absolute atomic E-state index is 0. The van der Waals surface area contributed by atoms with Gasteiger partial charge in [0.2, 0.25) is 0 Å². The van der Waals surface area contributed by atoms with E-state index in [-0.39, 0.29) is 72.7 Å². The number of para-hydroxylation sites is 1. The molecule has 0 aliphatic carbocycles. The molecule has 0 fully saturated rings. The van der Waals surface area contributed by atoms with E-state index in [4.69, 9.17) is 19.8 Å². The summed E-state index contributed by atoms with van der Waals surface area (Å²) >= 11 is 0. The Morgan fingerprint density at radius 2 is 0.877 bits per heavy atom. The fraction of sp³-hybridized carbons (Fsp3) is 0.308. The molecular formula is C52H52F12NO5PPdS. The summed E-state index contributed by atoms with van der Waals surface area (Å²) in [6.07, 6.45) is -20.9. The summed E-state index contributed by atoms with van der Waals surface area (Å²) in [6, 6.07) is 25.5. The molecule has 73 heavy (non-hydrogen) atoms. The van der Waals surface area contributed by atoms with Gasteiger partial charge in [-0.05, 0) is 119 Å². The van der Waals surface area contributed by atoms with E-state index < -0.39 is 75.6 Å². The van der Waals surface area contributed by atoms with Crippen molar-refractivity contribution in [3.05, 3.63) is 154 Å². The van der Waals surface area contributed by atoms with Gasteiger partial charge in [-0.25, -0.2) is 0 Å². The zero-order valence-corrected chi connectivity index (χ0v) is 43.8. The summed E-state index contributed by atoms with van der Waals surface area (Å²) in [6.45, 7) is 11.2. The van der Waals surface area contributed by atoms with Gasteiger partial charge in [0, 0.05) is 42.5 Å². The van der Waals surface area contributed by atoms with Gasteiger partial charge in [0.05, 0.1) is 42.7 Å². The van der Waals surface area contributed by atoms with E-state index in [0.717, 1.165) is 23.9 Å². The molecule has 0 bridgehead atoms. The van der Waals surface area contributed by atoms with Gasteiger partial charge < -0.3 is 15.2 Å². The second-order valence-electron chi connectivity index (χ2n) is 17.3. The maximum absolute atomic E-state index is 14.3. The Bertz CT molecular complexity index is 2760. The summed E-state index contributed by atoms with van der Waals surface area (Å²) in [7, 11) is -4.49. The Hall–Kier alpha value is -5.12. The van der Waals surface area contributed by atoms with Crippen LogP contribution in [0.1, 0.15) is 98.2 Å². The van der Waals surface area contributed by atoms with E-state index >= 15 is 0 Å². The molecule has 0 aliphatic rings. The quantitative estimate of drug-likeness (QED) is 0.0466. The number of alkyl halides is 12. The van der Waals surface area contributed by atoms with Gasteiger partial charge in [-0.2, -0.15) is 61.1 Å². The van der Waals surface area contributed by atoms with Crippen molar-refractivity contribution in [3.8, 4) is 33.8 Å². The summed E-state index contributed by atoms with van der Waals surface area (Å²) in [5.74, 6) is -0.796. The van der Waals surface area contributed by atoms with E-state index in [0.29, 0.717) is 47.2 Å². The van der Waals surface area contributed by atoms with Gasteiger partial charge in [0.1, 0.15) is 11.5 Å². The second-order valence-corrected chi connectivity index (χ2v) is 20.9. The van der Waals surface area contributed by atoms with Crippen molar-refractivity contribution in [2.24, 2.45) is 0 Å². The molecule has 0 saturated carbocycles. The molecule has 0 atom stereocenters. The van der Waals surface area contributed by atoms with Crippen LogP contribution in [0.5, 0.6) is 11.5 Å². The first-order chi connectivity index (χ1) is 33.1. The summed E-state index contributed by atoms with van der Waals surface area (Å²) < 4.78 is 209. The minimum atomic E-state index is -5.40. The summed E-state index contributed by atoms with van der Waals surface area (Å²) in [4.78, 5) is 0. The molecule has 0 spiro atoms. The normalized spacial score (nSPS) is 12.2. The number of methoxy groups -OCH3 is 2. The Kier molecular flexibility index (Phi) is 20.9. The Morgan fingerprint density at radius 3 is 1.21 bits per heavy atom. The maximum atomic E-state index is 14.3. The van der Waals surface area contributed by atoms with Crippen LogP contribution in [0.3, 0.4) is 0 Å². The Balaban J connectivity index is 0.000000617. The second kappa shape index (κ2) is 24.5. The van der Waals surface area contributed by atoms with Gasteiger partial charge in [0.15, 0.2) is 0 Å². The van der Waals surface area contributed by atoms with Gasteiger partial charge >= 0.3 is 24.7 Å². The van der Waals surface area contributed by atoms with E-state index in [2.05, 4.69) is 12.1 Å². The van der Waals surface area contributed by atoms with Crippen LogP contribution in [0.25, 0.3) is 22.3 Å². The zero-order chi connectivity index (χ0) is 54.5. The summed E-state index contributed by atoms with van der Waals surface area (Å²) in [5, 5.41) is -1.90. The maximum Gasteiger partial charge on any atom is 0.416 e. The van der Waals surface area contributed by atoms with Crippen LogP contribution < -0.4 is 31.1 Å². The predicted octanol–water partition coefficient (Wildman–Crippen LogP) is 15.0. The van der Waals surface area contributed by atoms with Crippen LogP contribution >= 0.6 is 7.92 Å². The van der Waals surface area contributed by atoms with Crippen LogP contribution in [-0.2, 0) is 55.2 Å². The molecular weight excluding hydrogens is 1120 g/mol. The first kappa shape index (κ1) is 62.2. The van der Waals surface area contributed by atoms with Crippen molar-refractivity contribution < 1.29 is 95.6 Å². The smallest absolute Gasteiger partial charge is 0.416 e. The first-order valence-corrected chi connectivity index (χ1v) is 24.9.